The van der Waals surface area contributed by atoms with Gasteiger partial charge in [-0.25, -0.2) is 13.8 Å². The molecule has 1 amide bonds. The average molecular weight is 536 g/mol. The van der Waals surface area contributed by atoms with Gasteiger partial charge in [-0.3, -0.25) is 9.10 Å². The lowest BCUT2D eigenvalue weighted by molar-refractivity contribution is -0.119. The molecule has 8 nitrogen and oxygen atoms in total. The Balaban J connectivity index is 1.93. The van der Waals surface area contributed by atoms with Gasteiger partial charge in [0.15, 0.2) is 0 Å². The van der Waals surface area contributed by atoms with Crippen LogP contribution in [0.4, 0.5) is 5.69 Å². The molecule has 0 unspecified atom stereocenters. The molecule has 3 aromatic rings. The van der Waals surface area contributed by atoms with Crippen LogP contribution in [0.3, 0.4) is 0 Å². The Kier molecular flexibility index (Phi) is 8.61. The zero-order valence-electron chi connectivity index (χ0n) is 19.2. The highest BCUT2D eigenvalue weighted by Gasteiger charge is 2.29. The zero-order valence-corrected chi connectivity index (χ0v) is 21.5. The Labute approximate surface area is 214 Å². The maximum atomic E-state index is 13.6. The highest BCUT2D eigenvalue weighted by atomic mass is 35.5. The van der Waals surface area contributed by atoms with Gasteiger partial charge in [0.2, 0.25) is 0 Å². The summed E-state index contributed by atoms with van der Waals surface area (Å²) in [6.07, 6.45) is 1.34. The van der Waals surface area contributed by atoms with E-state index >= 15 is 0 Å². The zero-order chi connectivity index (χ0) is 25.6. The van der Waals surface area contributed by atoms with E-state index in [2.05, 4.69) is 10.5 Å². The largest absolute Gasteiger partial charge is 0.497 e. The standard InChI is InChI=1S/C24H23Cl2N3O5S/c1-16-4-9-20(10-5-16)35(31,32)29(22-11-8-19(33-2)13-23(22)34-3)15-24(30)28-27-14-17-6-7-18(25)12-21(17)26/h4-14H,15H2,1-3H3,(H,28,30)/b27-14-. The van der Waals surface area contributed by atoms with Crippen molar-refractivity contribution < 1.29 is 22.7 Å². The van der Waals surface area contributed by atoms with Crippen molar-refractivity contribution in [1.29, 1.82) is 0 Å². The maximum absolute atomic E-state index is 13.6. The molecular formula is C24H23Cl2N3O5S. The van der Waals surface area contributed by atoms with E-state index in [9.17, 15) is 13.2 Å². The molecule has 0 heterocycles. The smallest absolute Gasteiger partial charge is 0.264 e. The number of hydrazone groups is 1. The fourth-order valence-corrected chi connectivity index (χ4v) is 4.96. The van der Waals surface area contributed by atoms with E-state index in [0.29, 0.717) is 21.4 Å². The van der Waals surface area contributed by atoms with Crippen LogP contribution in [0.25, 0.3) is 0 Å². The summed E-state index contributed by atoms with van der Waals surface area (Å²) in [7, 11) is -1.26. The van der Waals surface area contributed by atoms with Crippen LogP contribution in [0.15, 0.2) is 70.7 Å². The Morgan fingerprint density at radius 2 is 1.74 bits per heavy atom. The molecule has 0 saturated heterocycles. The predicted molar refractivity (Wildman–Crippen MR) is 137 cm³/mol. The molecule has 0 aromatic heterocycles. The molecule has 0 radical (unpaired) electrons. The molecule has 11 heteroatoms. The van der Waals surface area contributed by atoms with Crippen molar-refractivity contribution in [3.8, 4) is 11.5 Å². The SMILES string of the molecule is COc1ccc(N(CC(=O)N/N=C\c2ccc(Cl)cc2Cl)S(=O)(=O)c2ccc(C)cc2)c(OC)c1. The second-order valence-corrected chi connectivity index (χ2v) is 10.0. The van der Waals surface area contributed by atoms with E-state index < -0.39 is 22.5 Å². The van der Waals surface area contributed by atoms with Gasteiger partial charge >= 0.3 is 0 Å². The number of carbonyl (C=O) groups excluding carboxylic acids is 1. The molecule has 3 rings (SSSR count). The molecule has 3 aromatic carbocycles. The number of hydrogen-bond donors (Lipinski definition) is 1. The Morgan fingerprint density at radius 1 is 1.03 bits per heavy atom. The number of rotatable bonds is 9. The number of nitrogens with one attached hydrogen (secondary N) is 1. The van der Waals surface area contributed by atoms with E-state index in [1.165, 1.54) is 50.8 Å². The number of amides is 1. The summed E-state index contributed by atoms with van der Waals surface area (Å²) in [6, 6.07) is 15.7. The van der Waals surface area contributed by atoms with Gasteiger partial charge in [0, 0.05) is 16.7 Å². The molecular weight excluding hydrogens is 513 g/mol. The number of aryl methyl sites for hydroxylation is 1. The number of carbonyl (C=O) groups is 1. The van der Waals surface area contributed by atoms with Crippen molar-refractivity contribution in [1.82, 2.24) is 5.43 Å². The lowest BCUT2D eigenvalue weighted by atomic mass is 10.2. The normalized spacial score (nSPS) is 11.3. The fraction of sp³-hybridized carbons (Fsp3) is 0.167. The van der Waals surface area contributed by atoms with Gasteiger partial charge in [-0.2, -0.15) is 5.10 Å². The molecule has 0 saturated carbocycles. The monoisotopic (exact) mass is 535 g/mol. The third-order valence-corrected chi connectivity index (χ3v) is 7.24. The Bertz CT molecular complexity index is 1350. The summed E-state index contributed by atoms with van der Waals surface area (Å²) < 4.78 is 38.7. The first-order valence-corrected chi connectivity index (χ1v) is 12.4. The van der Waals surface area contributed by atoms with Crippen LogP contribution in [0, 0.1) is 6.92 Å². The van der Waals surface area contributed by atoms with E-state index in [1.807, 2.05) is 6.92 Å². The molecule has 0 fully saturated rings. The van der Waals surface area contributed by atoms with Gasteiger partial charge in [0.25, 0.3) is 15.9 Å². The summed E-state index contributed by atoms with van der Waals surface area (Å²) in [6.45, 7) is 1.28. The van der Waals surface area contributed by atoms with Crippen molar-refractivity contribution in [2.45, 2.75) is 11.8 Å². The Hall–Kier alpha value is -3.27. The third kappa shape index (κ3) is 6.45. The third-order valence-electron chi connectivity index (χ3n) is 4.91. The van der Waals surface area contributed by atoms with Gasteiger partial charge in [-0.1, -0.05) is 47.0 Å². The molecule has 0 bridgehead atoms. The van der Waals surface area contributed by atoms with Crippen molar-refractivity contribution in [3.63, 3.8) is 0 Å². The van der Waals surface area contributed by atoms with Gasteiger partial charge < -0.3 is 9.47 Å². The molecule has 0 aliphatic carbocycles. The minimum atomic E-state index is -4.14. The van der Waals surface area contributed by atoms with E-state index in [1.54, 1.807) is 30.3 Å². The topological polar surface area (TPSA) is 97.3 Å². The molecule has 0 aliphatic rings. The minimum absolute atomic E-state index is 0.0187. The summed E-state index contributed by atoms with van der Waals surface area (Å²) in [5.41, 5.74) is 3.91. The first kappa shape index (κ1) is 26.3. The molecule has 35 heavy (non-hydrogen) atoms. The summed E-state index contributed by atoms with van der Waals surface area (Å²) in [5, 5.41) is 4.70. The van der Waals surface area contributed by atoms with Crippen LogP contribution < -0.4 is 19.2 Å². The van der Waals surface area contributed by atoms with Crippen LogP contribution in [0.5, 0.6) is 11.5 Å². The molecule has 1 N–H and O–H groups in total. The number of benzene rings is 3. The van der Waals surface area contributed by atoms with Crippen LogP contribution in [0.2, 0.25) is 10.0 Å². The molecule has 0 spiro atoms. The first-order valence-electron chi connectivity index (χ1n) is 10.2. The van der Waals surface area contributed by atoms with E-state index in [-0.39, 0.29) is 16.3 Å². The second-order valence-electron chi connectivity index (χ2n) is 7.32. The lowest BCUT2D eigenvalue weighted by Crippen LogP contribution is -2.39. The van der Waals surface area contributed by atoms with Gasteiger partial charge in [0.05, 0.1) is 36.0 Å². The van der Waals surface area contributed by atoms with Crippen molar-refractivity contribution in [3.05, 3.63) is 81.8 Å². The van der Waals surface area contributed by atoms with Crippen LogP contribution in [-0.2, 0) is 14.8 Å². The highest BCUT2D eigenvalue weighted by Crippen LogP contribution is 2.35. The van der Waals surface area contributed by atoms with Crippen LogP contribution in [-0.4, -0.2) is 41.3 Å². The number of methoxy groups -OCH3 is 2. The number of ether oxygens (including phenoxy) is 2. The quantitative estimate of drug-likeness (QED) is 0.317. The average Bonchev–Trinajstić information content (AvgIpc) is 2.83. The predicted octanol–water partition coefficient (Wildman–Crippen LogP) is 4.66. The van der Waals surface area contributed by atoms with Crippen LogP contribution in [0.1, 0.15) is 11.1 Å². The maximum Gasteiger partial charge on any atom is 0.264 e. The molecule has 184 valence electrons. The summed E-state index contributed by atoms with van der Waals surface area (Å²) >= 11 is 12.0. The lowest BCUT2D eigenvalue weighted by Gasteiger charge is -2.25. The van der Waals surface area contributed by atoms with Crippen molar-refractivity contribution in [2.75, 3.05) is 25.1 Å². The van der Waals surface area contributed by atoms with E-state index in [4.69, 9.17) is 32.7 Å². The summed E-state index contributed by atoms with van der Waals surface area (Å²) in [5.74, 6) is -0.00337. The van der Waals surface area contributed by atoms with Gasteiger partial charge in [-0.05, 0) is 43.3 Å². The van der Waals surface area contributed by atoms with Gasteiger partial charge in [0.1, 0.15) is 18.0 Å². The number of sulfonamides is 1. The fourth-order valence-electron chi connectivity index (χ4n) is 3.07. The number of hydrogen-bond acceptors (Lipinski definition) is 6. The Morgan fingerprint density at radius 3 is 2.37 bits per heavy atom. The molecule has 0 atom stereocenters. The first-order chi connectivity index (χ1) is 16.6. The number of anilines is 1. The van der Waals surface area contributed by atoms with Crippen LogP contribution >= 0.6 is 23.2 Å². The van der Waals surface area contributed by atoms with Crippen molar-refractivity contribution in [2.24, 2.45) is 5.10 Å². The minimum Gasteiger partial charge on any atom is -0.497 e. The van der Waals surface area contributed by atoms with Gasteiger partial charge in [-0.15, -0.1) is 0 Å². The highest BCUT2D eigenvalue weighted by molar-refractivity contribution is 7.92. The molecule has 0 aliphatic heterocycles. The number of nitrogens with zero attached hydrogens (tertiary/aromatic N) is 2. The number of halogens is 2. The van der Waals surface area contributed by atoms with E-state index in [0.717, 1.165) is 9.87 Å². The van der Waals surface area contributed by atoms with Crippen molar-refractivity contribution >= 4 is 51.0 Å². The summed E-state index contributed by atoms with van der Waals surface area (Å²) in [4.78, 5) is 12.8. The second kappa shape index (κ2) is 11.4.